The van der Waals surface area contributed by atoms with E-state index < -0.39 is 0 Å². The third-order valence-corrected chi connectivity index (χ3v) is 3.44. The van der Waals surface area contributed by atoms with Crippen molar-refractivity contribution < 1.29 is 4.79 Å². The van der Waals surface area contributed by atoms with E-state index in [0.717, 1.165) is 10.2 Å². The van der Waals surface area contributed by atoms with Crippen molar-refractivity contribution in [2.24, 2.45) is 5.41 Å². The number of aryl methyl sites for hydroxylation is 1. The predicted octanol–water partition coefficient (Wildman–Crippen LogP) is 4.15. The van der Waals surface area contributed by atoms with Crippen molar-refractivity contribution in [3.05, 3.63) is 35.9 Å². The van der Waals surface area contributed by atoms with Crippen molar-refractivity contribution in [1.29, 1.82) is 0 Å². The third-order valence-electron chi connectivity index (χ3n) is 2.51. The molecule has 0 saturated carbocycles. The minimum absolute atomic E-state index is 0.00203. The van der Waals surface area contributed by atoms with E-state index in [1.807, 2.05) is 25.1 Å². The smallest absolute Gasteiger partial charge is 0.249 e. The van der Waals surface area contributed by atoms with Crippen molar-refractivity contribution >= 4 is 32.6 Å². The van der Waals surface area contributed by atoms with Crippen LogP contribution in [0.4, 0.5) is 5.13 Å². The molecule has 2 aromatic rings. The van der Waals surface area contributed by atoms with Crippen molar-refractivity contribution in [3.8, 4) is 0 Å². The molecule has 0 spiro atoms. The number of nitrogens with one attached hydrogen (secondary N) is 1. The summed E-state index contributed by atoms with van der Waals surface area (Å²) in [6.45, 7) is 8.20. The summed E-state index contributed by atoms with van der Waals surface area (Å²) in [6.07, 6.45) is 3.46. The van der Waals surface area contributed by atoms with Crippen LogP contribution in [-0.4, -0.2) is 10.9 Å². The van der Waals surface area contributed by atoms with Gasteiger partial charge in [-0.05, 0) is 36.1 Å². The zero-order valence-electron chi connectivity index (χ0n) is 11.7. The lowest BCUT2D eigenvalue weighted by Crippen LogP contribution is -2.09. The predicted molar refractivity (Wildman–Crippen MR) is 81.6 cm³/mol. The van der Waals surface area contributed by atoms with Crippen LogP contribution in [0.3, 0.4) is 0 Å². The van der Waals surface area contributed by atoms with E-state index in [1.165, 1.54) is 16.9 Å². The Morgan fingerprint density at radius 3 is 2.79 bits per heavy atom. The van der Waals surface area contributed by atoms with Crippen molar-refractivity contribution in [2.45, 2.75) is 27.7 Å². The fourth-order valence-electron chi connectivity index (χ4n) is 1.56. The molecule has 19 heavy (non-hydrogen) atoms. The van der Waals surface area contributed by atoms with Gasteiger partial charge in [-0.2, -0.15) is 0 Å². The molecule has 100 valence electrons. The number of hydrogen-bond acceptors (Lipinski definition) is 3. The Balaban J connectivity index is 2.13. The second kappa shape index (κ2) is 5.13. The molecule has 0 fully saturated rings. The molecule has 0 aliphatic carbocycles. The van der Waals surface area contributed by atoms with Gasteiger partial charge >= 0.3 is 0 Å². The Hall–Kier alpha value is -1.68. The molecule has 0 aliphatic heterocycles. The summed E-state index contributed by atoms with van der Waals surface area (Å²) in [5.41, 5.74) is 2.12. The maximum atomic E-state index is 11.8. The lowest BCUT2D eigenvalue weighted by molar-refractivity contribution is -0.112. The average molecular weight is 274 g/mol. The van der Waals surface area contributed by atoms with E-state index in [2.05, 4.69) is 37.1 Å². The molecule has 1 amide bonds. The van der Waals surface area contributed by atoms with Gasteiger partial charge in [-0.25, -0.2) is 4.98 Å². The summed E-state index contributed by atoms with van der Waals surface area (Å²) in [7, 11) is 0. The second-order valence-electron chi connectivity index (χ2n) is 5.68. The number of amides is 1. The van der Waals surface area contributed by atoms with Gasteiger partial charge in [0.25, 0.3) is 0 Å². The number of anilines is 1. The monoisotopic (exact) mass is 274 g/mol. The first kappa shape index (κ1) is 13.7. The summed E-state index contributed by atoms with van der Waals surface area (Å²) < 4.78 is 1.09. The molecular formula is C15H18N2OS. The fourth-order valence-corrected chi connectivity index (χ4v) is 2.53. The van der Waals surface area contributed by atoms with Gasteiger partial charge in [-0.1, -0.05) is 44.3 Å². The van der Waals surface area contributed by atoms with Crippen molar-refractivity contribution in [3.63, 3.8) is 0 Å². The van der Waals surface area contributed by atoms with Crippen LogP contribution in [0.2, 0.25) is 0 Å². The molecule has 2 rings (SSSR count). The van der Waals surface area contributed by atoms with E-state index in [-0.39, 0.29) is 11.3 Å². The summed E-state index contributed by atoms with van der Waals surface area (Å²) in [5.74, 6) is -0.134. The fraction of sp³-hybridized carbons (Fsp3) is 0.333. The number of aromatic nitrogens is 1. The number of carbonyl (C=O) groups excluding carboxylic acids is 1. The topological polar surface area (TPSA) is 42.0 Å². The highest BCUT2D eigenvalue weighted by Crippen LogP contribution is 2.26. The van der Waals surface area contributed by atoms with Crippen molar-refractivity contribution in [1.82, 2.24) is 4.98 Å². The molecule has 4 heteroatoms. The van der Waals surface area contributed by atoms with Gasteiger partial charge in [0.05, 0.1) is 10.2 Å². The highest BCUT2D eigenvalue weighted by Gasteiger charge is 2.08. The highest BCUT2D eigenvalue weighted by molar-refractivity contribution is 7.22. The van der Waals surface area contributed by atoms with E-state index in [4.69, 9.17) is 0 Å². The first-order chi connectivity index (χ1) is 8.83. The first-order valence-corrected chi connectivity index (χ1v) is 7.02. The van der Waals surface area contributed by atoms with Crippen LogP contribution in [0.1, 0.15) is 26.3 Å². The van der Waals surface area contributed by atoms with Crippen LogP contribution in [0.5, 0.6) is 0 Å². The average Bonchev–Trinajstić information content (AvgIpc) is 2.66. The Kier molecular flexibility index (Phi) is 3.71. The molecule has 3 nitrogen and oxygen atoms in total. The third kappa shape index (κ3) is 3.89. The molecule has 1 heterocycles. The lowest BCUT2D eigenvalue weighted by Gasteiger charge is -2.10. The van der Waals surface area contributed by atoms with Gasteiger partial charge < -0.3 is 0 Å². The largest absolute Gasteiger partial charge is 0.298 e. The Bertz CT molecular complexity index is 635. The SMILES string of the molecule is Cc1ccc2nc(NC(=O)C=CC(C)(C)C)sc2c1. The van der Waals surface area contributed by atoms with Crippen LogP contribution in [0.15, 0.2) is 30.4 Å². The second-order valence-corrected chi connectivity index (χ2v) is 6.71. The zero-order valence-corrected chi connectivity index (χ0v) is 12.5. The number of carbonyl (C=O) groups is 1. The molecule has 1 aromatic heterocycles. The molecule has 0 radical (unpaired) electrons. The quantitative estimate of drug-likeness (QED) is 0.836. The molecule has 1 aromatic carbocycles. The van der Waals surface area contributed by atoms with Gasteiger partial charge in [0.2, 0.25) is 5.91 Å². The normalized spacial score (nSPS) is 12.2. The van der Waals surface area contributed by atoms with Gasteiger partial charge in [0.1, 0.15) is 0 Å². The van der Waals surface area contributed by atoms with E-state index in [0.29, 0.717) is 5.13 Å². The first-order valence-electron chi connectivity index (χ1n) is 6.21. The Morgan fingerprint density at radius 2 is 2.11 bits per heavy atom. The summed E-state index contributed by atoms with van der Waals surface area (Å²) in [6, 6.07) is 6.07. The molecule has 0 unspecified atom stereocenters. The number of allylic oxidation sites excluding steroid dienone is 1. The minimum Gasteiger partial charge on any atom is -0.298 e. The molecule has 0 bridgehead atoms. The summed E-state index contributed by atoms with van der Waals surface area (Å²) >= 11 is 1.50. The van der Waals surface area contributed by atoms with Crippen LogP contribution < -0.4 is 5.32 Å². The minimum atomic E-state index is -0.134. The lowest BCUT2D eigenvalue weighted by atomic mass is 9.96. The summed E-state index contributed by atoms with van der Waals surface area (Å²) in [5, 5.41) is 3.45. The van der Waals surface area contributed by atoms with Crippen molar-refractivity contribution in [2.75, 3.05) is 5.32 Å². The van der Waals surface area contributed by atoms with Crippen LogP contribution >= 0.6 is 11.3 Å². The maximum Gasteiger partial charge on any atom is 0.249 e. The Labute approximate surface area is 117 Å². The van der Waals surface area contributed by atoms with Gasteiger partial charge in [-0.15, -0.1) is 0 Å². The highest BCUT2D eigenvalue weighted by atomic mass is 32.1. The van der Waals surface area contributed by atoms with Gasteiger partial charge in [0.15, 0.2) is 5.13 Å². The van der Waals surface area contributed by atoms with Gasteiger partial charge in [-0.3, -0.25) is 10.1 Å². The number of rotatable bonds is 2. The Morgan fingerprint density at radius 1 is 1.37 bits per heavy atom. The van der Waals surface area contributed by atoms with E-state index in [9.17, 15) is 4.79 Å². The van der Waals surface area contributed by atoms with E-state index in [1.54, 1.807) is 6.08 Å². The van der Waals surface area contributed by atoms with Crippen LogP contribution in [0.25, 0.3) is 10.2 Å². The number of benzene rings is 1. The number of fused-ring (bicyclic) bond motifs is 1. The standard InChI is InChI=1S/C15H18N2OS/c1-10-5-6-11-12(9-10)19-14(16-11)17-13(18)7-8-15(2,3)4/h5-9H,1-4H3,(H,16,17,18). The summed E-state index contributed by atoms with van der Waals surface area (Å²) in [4.78, 5) is 16.2. The molecular weight excluding hydrogens is 256 g/mol. The number of thiazole rings is 1. The van der Waals surface area contributed by atoms with Gasteiger partial charge in [0, 0.05) is 0 Å². The maximum absolute atomic E-state index is 11.8. The molecule has 0 saturated heterocycles. The zero-order chi connectivity index (χ0) is 14.0. The van der Waals surface area contributed by atoms with E-state index >= 15 is 0 Å². The number of hydrogen-bond donors (Lipinski definition) is 1. The molecule has 1 N–H and O–H groups in total. The van der Waals surface area contributed by atoms with Crippen LogP contribution in [-0.2, 0) is 4.79 Å². The van der Waals surface area contributed by atoms with Crippen LogP contribution in [0, 0.1) is 12.3 Å². The number of nitrogens with zero attached hydrogens (tertiary/aromatic N) is 1. The molecule has 0 atom stereocenters. The molecule has 0 aliphatic rings.